The summed E-state index contributed by atoms with van der Waals surface area (Å²) in [6.07, 6.45) is 3.14. The van der Waals surface area contributed by atoms with Gasteiger partial charge in [-0.15, -0.1) is 0 Å². The molecule has 1 aromatic heterocycles. The van der Waals surface area contributed by atoms with Crippen molar-refractivity contribution in [3.8, 4) is 5.75 Å². The topological polar surface area (TPSA) is 71.8 Å². The van der Waals surface area contributed by atoms with E-state index in [0.717, 1.165) is 10.9 Å². The lowest BCUT2D eigenvalue weighted by Gasteiger charge is -2.33. The molecule has 1 aliphatic heterocycles. The van der Waals surface area contributed by atoms with E-state index in [1.165, 1.54) is 10.6 Å². The molecule has 0 saturated carbocycles. The molecule has 0 atom stereocenters. The van der Waals surface area contributed by atoms with E-state index >= 15 is 0 Å². The average molecular weight is 351 g/mol. The lowest BCUT2D eigenvalue weighted by Crippen LogP contribution is -2.51. The molecule has 24 heavy (non-hydrogen) atoms. The van der Waals surface area contributed by atoms with E-state index in [1.54, 1.807) is 4.90 Å². The number of carbonyl (C=O) groups excluding carboxylic acids is 1. The van der Waals surface area contributed by atoms with E-state index in [-0.39, 0.29) is 12.5 Å². The lowest BCUT2D eigenvalue weighted by molar-refractivity contribution is -0.134. The molecule has 8 heteroatoms. The van der Waals surface area contributed by atoms with E-state index in [1.807, 2.05) is 42.1 Å². The number of ether oxygens (including phenoxy) is 1. The maximum atomic E-state index is 12.3. The van der Waals surface area contributed by atoms with Gasteiger partial charge in [-0.25, -0.2) is 8.42 Å². The second-order valence-corrected chi connectivity index (χ2v) is 7.93. The minimum atomic E-state index is -3.19. The van der Waals surface area contributed by atoms with Crippen LogP contribution in [0.4, 0.5) is 0 Å². The minimum absolute atomic E-state index is 0.0487. The van der Waals surface area contributed by atoms with Crippen LogP contribution in [0.15, 0.2) is 30.5 Å². The van der Waals surface area contributed by atoms with Gasteiger partial charge in [0.2, 0.25) is 10.0 Å². The Hall–Kier alpha value is -2.06. The highest BCUT2D eigenvalue weighted by atomic mass is 32.2. The SMILES string of the molecule is Cn1ccc2c(OCC(=O)N3CCN(S(C)(=O)=O)CC3)cccc21. The summed E-state index contributed by atoms with van der Waals surface area (Å²) >= 11 is 0. The molecule has 0 aliphatic carbocycles. The Morgan fingerprint density at radius 3 is 2.54 bits per heavy atom. The van der Waals surface area contributed by atoms with Crippen molar-refractivity contribution >= 4 is 26.8 Å². The van der Waals surface area contributed by atoms with Gasteiger partial charge in [0.1, 0.15) is 5.75 Å². The predicted octanol–water partition coefficient (Wildman–Crippen LogP) is 0.661. The molecule has 130 valence electrons. The number of amides is 1. The zero-order valence-corrected chi connectivity index (χ0v) is 14.6. The number of rotatable bonds is 4. The number of hydrogen-bond donors (Lipinski definition) is 0. The summed E-state index contributed by atoms with van der Waals surface area (Å²) in [7, 11) is -1.23. The van der Waals surface area contributed by atoms with Gasteiger partial charge < -0.3 is 14.2 Å². The summed E-state index contributed by atoms with van der Waals surface area (Å²) in [4.78, 5) is 13.9. The number of piperazine rings is 1. The Morgan fingerprint density at radius 2 is 1.88 bits per heavy atom. The first-order chi connectivity index (χ1) is 11.4. The molecule has 1 amide bonds. The molecule has 1 saturated heterocycles. The molecular formula is C16H21N3O4S. The highest BCUT2D eigenvalue weighted by Gasteiger charge is 2.26. The van der Waals surface area contributed by atoms with Crippen LogP contribution in [0.25, 0.3) is 10.9 Å². The Bertz CT molecular complexity index is 851. The maximum absolute atomic E-state index is 12.3. The normalized spacial score (nSPS) is 16.5. The second-order valence-electron chi connectivity index (χ2n) is 5.95. The molecule has 0 radical (unpaired) electrons. The maximum Gasteiger partial charge on any atom is 0.260 e. The number of nitrogens with zero attached hydrogens (tertiary/aromatic N) is 3. The first-order valence-electron chi connectivity index (χ1n) is 7.76. The van der Waals surface area contributed by atoms with Crippen molar-refractivity contribution in [3.05, 3.63) is 30.5 Å². The van der Waals surface area contributed by atoms with Crippen LogP contribution in [0.2, 0.25) is 0 Å². The van der Waals surface area contributed by atoms with Gasteiger partial charge in [-0.2, -0.15) is 4.31 Å². The van der Waals surface area contributed by atoms with E-state index in [4.69, 9.17) is 4.74 Å². The van der Waals surface area contributed by atoms with Crippen LogP contribution in [-0.2, 0) is 21.9 Å². The highest BCUT2D eigenvalue weighted by Crippen LogP contribution is 2.26. The molecule has 0 spiro atoms. The monoisotopic (exact) mass is 351 g/mol. The number of hydrogen-bond acceptors (Lipinski definition) is 4. The van der Waals surface area contributed by atoms with E-state index in [9.17, 15) is 13.2 Å². The van der Waals surface area contributed by atoms with Crippen LogP contribution in [0.1, 0.15) is 0 Å². The van der Waals surface area contributed by atoms with Crippen LogP contribution in [-0.4, -0.2) is 67.1 Å². The Kier molecular flexibility index (Phi) is 4.51. The third-order valence-electron chi connectivity index (χ3n) is 4.30. The summed E-state index contributed by atoms with van der Waals surface area (Å²) in [6, 6.07) is 7.69. The van der Waals surface area contributed by atoms with Gasteiger partial charge in [0.05, 0.1) is 11.8 Å². The Labute approximate surface area is 141 Å². The molecule has 0 bridgehead atoms. The van der Waals surface area contributed by atoms with Gasteiger partial charge in [-0.3, -0.25) is 4.79 Å². The fraction of sp³-hybridized carbons (Fsp3) is 0.438. The fourth-order valence-corrected chi connectivity index (χ4v) is 3.73. The largest absolute Gasteiger partial charge is 0.483 e. The lowest BCUT2D eigenvalue weighted by atomic mass is 10.2. The van der Waals surface area contributed by atoms with Gasteiger partial charge in [0.15, 0.2) is 6.61 Å². The van der Waals surface area contributed by atoms with Crippen molar-refractivity contribution in [1.29, 1.82) is 0 Å². The highest BCUT2D eigenvalue weighted by molar-refractivity contribution is 7.88. The quantitative estimate of drug-likeness (QED) is 0.811. The molecule has 3 rings (SSSR count). The van der Waals surface area contributed by atoms with Gasteiger partial charge >= 0.3 is 0 Å². The third-order valence-corrected chi connectivity index (χ3v) is 5.60. The molecule has 2 heterocycles. The first kappa shape index (κ1) is 16.8. The molecule has 7 nitrogen and oxygen atoms in total. The molecule has 2 aromatic rings. The van der Waals surface area contributed by atoms with Crippen LogP contribution < -0.4 is 4.74 Å². The summed E-state index contributed by atoms with van der Waals surface area (Å²) < 4.78 is 32.1. The van der Waals surface area contributed by atoms with Gasteiger partial charge in [-0.1, -0.05) is 6.07 Å². The molecular weight excluding hydrogens is 330 g/mol. The first-order valence-corrected chi connectivity index (χ1v) is 9.61. The standard InChI is InChI=1S/C16H21N3O4S/c1-17-7-6-13-14(17)4-3-5-15(13)23-12-16(20)18-8-10-19(11-9-18)24(2,21)22/h3-7H,8-12H2,1-2H3. The van der Waals surface area contributed by atoms with Crippen molar-refractivity contribution in [3.63, 3.8) is 0 Å². The van der Waals surface area contributed by atoms with E-state index in [0.29, 0.717) is 31.9 Å². The molecule has 0 unspecified atom stereocenters. The summed E-state index contributed by atoms with van der Waals surface area (Å²) in [5.74, 6) is 0.548. The summed E-state index contributed by atoms with van der Waals surface area (Å²) in [6.45, 7) is 1.40. The summed E-state index contributed by atoms with van der Waals surface area (Å²) in [5.41, 5.74) is 1.04. The number of sulfonamides is 1. The van der Waals surface area contributed by atoms with Gasteiger partial charge in [-0.05, 0) is 18.2 Å². The van der Waals surface area contributed by atoms with Crippen molar-refractivity contribution in [2.45, 2.75) is 0 Å². The molecule has 1 aromatic carbocycles. The van der Waals surface area contributed by atoms with Crippen LogP contribution in [0.5, 0.6) is 5.75 Å². The zero-order valence-electron chi connectivity index (χ0n) is 13.8. The summed E-state index contributed by atoms with van der Waals surface area (Å²) in [5, 5.41) is 0.967. The second kappa shape index (κ2) is 6.45. The van der Waals surface area contributed by atoms with Crippen LogP contribution in [0, 0.1) is 0 Å². The minimum Gasteiger partial charge on any atom is -0.483 e. The number of benzene rings is 1. The third kappa shape index (κ3) is 3.39. The average Bonchev–Trinajstić information content (AvgIpc) is 2.94. The number of aryl methyl sites for hydroxylation is 1. The van der Waals surface area contributed by atoms with Crippen molar-refractivity contribution in [2.75, 3.05) is 39.0 Å². The number of carbonyl (C=O) groups is 1. The van der Waals surface area contributed by atoms with Gasteiger partial charge in [0, 0.05) is 44.8 Å². The molecule has 0 N–H and O–H groups in total. The molecule has 1 aliphatic rings. The smallest absolute Gasteiger partial charge is 0.260 e. The van der Waals surface area contributed by atoms with Crippen molar-refractivity contribution < 1.29 is 17.9 Å². The van der Waals surface area contributed by atoms with Gasteiger partial charge in [0.25, 0.3) is 5.91 Å². The zero-order chi connectivity index (χ0) is 17.3. The van der Waals surface area contributed by atoms with Crippen molar-refractivity contribution in [1.82, 2.24) is 13.8 Å². The fourth-order valence-electron chi connectivity index (χ4n) is 2.90. The van der Waals surface area contributed by atoms with E-state index in [2.05, 4.69) is 0 Å². The Balaban J connectivity index is 1.60. The van der Waals surface area contributed by atoms with E-state index < -0.39 is 10.0 Å². The van der Waals surface area contributed by atoms with Crippen LogP contribution in [0.3, 0.4) is 0 Å². The number of aromatic nitrogens is 1. The Morgan fingerprint density at radius 1 is 1.17 bits per heavy atom. The molecule has 1 fully saturated rings. The van der Waals surface area contributed by atoms with Crippen molar-refractivity contribution in [2.24, 2.45) is 7.05 Å². The predicted molar refractivity (Wildman–Crippen MR) is 91.4 cm³/mol. The number of fused-ring (bicyclic) bond motifs is 1. The van der Waals surface area contributed by atoms with Crippen LogP contribution >= 0.6 is 0 Å².